The monoisotopic (exact) mass is 293 g/mol. The lowest BCUT2D eigenvalue weighted by molar-refractivity contribution is 0.0459. The van der Waals surface area contributed by atoms with E-state index in [-0.39, 0.29) is 12.6 Å². The molecular formula is C14H19N3O2S. The van der Waals surface area contributed by atoms with Gasteiger partial charge >= 0.3 is 5.97 Å². The molecule has 0 aromatic carbocycles. The Labute approximate surface area is 122 Å². The third-order valence-electron chi connectivity index (χ3n) is 2.99. The molecule has 20 heavy (non-hydrogen) atoms. The quantitative estimate of drug-likeness (QED) is 0.860. The van der Waals surface area contributed by atoms with Gasteiger partial charge < -0.3 is 15.0 Å². The van der Waals surface area contributed by atoms with Crippen LogP contribution in [0.25, 0.3) is 0 Å². The highest BCUT2D eigenvalue weighted by Crippen LogP contribution is 2.18. The van der Waals surface area contributed by atoms with Crippen LogP contribution in [0, 0.1) is 13.8 Å². The van der Waals surface area contributed by atoms with E-state index >= 15 is 0 Å². The summed E-state index contributed by atoms with van der Waals surface area (Å²) in [5.74, 6) is -0.361. The van der Waals surface area contributed by atoms with Crippen LogP contribution in [-0.2, 0) is 17.9 Å². The minimum Gasteiger partial charge on any atom is -0.454 e. The van der Waals surface area contributed by atoms with E-state index in [2.05, 4.69) is 4.98 Å². The fourth-order valence-corrected chi connectivity index (χ4v) is 2.78. The number of aryl methyl sites for hydroxylation is 3. The molecule has 0 saturated carbocycles. The molecule has 2 N–H and O–H groups in total. The summed E-state index contributed by atoms with van der Waals surface area (Å²) in [5, 5.41) is 0.815. The van der Waals surface area contributed by atoms with Crippen molar-refractivity contribution in [3.8, 4) is 0 Å². The Kier molecular flexibility index (Phi) is 4.44. The van der Waals surface area contributed by atoms with E-state index < -0.39 is 0 Å². The Morgan fingerprint density at radius 1 is 1.50 bits per heavy atom. The van der Waals surface area contributed by atoms with E-state index in [1.54, 1.807) is 23.6 Å². The van der Waals surface area contributed by atoms with Crippen molar-refractivity contribution in [3.63, 3.8) is 0 Å². The number of aromatic nitrogens is 2. The molecule has 2 aromatic rings. The lowest BCUT2D eigenvalue weighted by Crippen LogP contribution is -2.11. The number of carbonyl (C=O) groups is 1. The average Bonchev–Trinajstić information content (AvgIpc) is 2.91. The van der Waals surface area contributed by atoms with Crippen molar-refractivity contribution in [2.45, 2.75) is 40.3 Å². The second-order valence-electron chi connectivity index (χ2n) is 4.68. The van der Waals surface area contributed by atoms with Crippen LogP contribution in [0.4, 0.5) is 5.69 Å². The third-order valence-corrected chi connectivity index (χ3v) is 4.04. The molecule has 0 atom stereocenters. The van der Waals surface area contributed by atoms with Crippen LogP contribution in [0.3, 0.4) is 0 Å². The molecule has 2 aromatic heterocycles. The molecule has 0 saturated heterocycles. The second-order valence-corrected chi connectivity index (χ2v) is 5.97. The van der Waals surface area contributed by atoms with Gasteiger partial charge in [0.15, 0.2) is 0 Å². The number of anilines is 1. The first-order chi connectivity index (χ1) is 9.51. The van der Waals surface area contributed by atoms with Crippen LogP contribution >= 0.6 is 11.3 Å². The summed E-state index contributed by atoms with van der Waals surface area (Å²) in [6, 6.07) is 1.65. The van der Waals surface area contributed by atoms with E-state index in [1.807, 2.05) is 25.3 Å². The van der Waals surface area contributed by atoms with E-state index in [0.29, 0.717) is 11.4 Å². The minimum absolute atomic E-state index is 0.204. The molecule has 0 fully saturated rings. The van der Waals surface area contributed by atoms with E-state index in [4.69, 9.17) is 10.5 Å². The fraction of sp³-hybridized carbons (Fsp3) is 0.429. The summed E-state index contributed by atoms with van der Waals surface area (Å²) < 4.78 is 7.14. The molecule has 0 bridgehead atoms. The third kappa shape index (κ3) is 3.19. The van der Waals surface area contributed by atoms with Crippen LogP contribution in [0.15, 0.2) is 12.3 Å². The average molecular weight is 293 g/mol. The van der Waals surface area contributed by atoms with Crippen LogP contribution < -0.4 is 5.73 Å². The van der Waals surface area contributed by atoms with Crippen molar-refractivity contribution < 1.29 is 9.53 Å². The van der Waals surface area contributed by atoms with Crippen LogP contribution in [0.1, 0.15) is 39.4 Å². The van der Waals surface area contributed by atoms with Gasteiger partial charge in [-0.25, -0.2) is 9.78 Å². The zero-order chi connectivity index (χ0) is 14.7. The highest BCUT2D eigenvalue weighted by atomic mass is 32.1. The summed E-state index contributed by atoms with van der Waals surface area (Å²) in [5.41, 5.74) is 7.79. The molecule has 6 heteroatoms. The maximum atomic E-state index is 12.1. The Hall–Kier alpha value is -1.82. The summed E-state index contributed by atoms with van der Waals surface area (Å²) in [6.07, 6.45) is 2.69. The number of nitrogen functional groups attached to an aromatic ring is 1. The van der Waals surface area contributed by atoms with Crippen molar-refractivity contribution in [1.29, 1.82) is 0 Å². The van der Waals surface area contributed by atoms with Crippen molar-refractivity contribution in [2.75, 3.05) is 5.73 Å². The summed E-state index contributed by atoms with van der Waals surface area (Å²) >= 11 is 1.55. The van der Waals surface area contributed by atoms with Gasteiger partial charge in [-0.1, -0.05) is 6.92 Å². The van der Waals surface area contributed by atoms with Crippen molar-refractivity contribution >= 4 is 23.0 Å². The molecule has 2 rings (SSSR count). The van der Waals surface area contributed by atoms with Gasteiger partial charge in [-0.3, -0.25) is 0 Å². The van der Waals surface area contributed by atoms with Gasteiger partial charge in [-0.05, 0) is 26.3 Å². The van der Waals surface area contributed by atoms with Crippen molar-refractivity contribution in [1.82, 2.24) is 9.55 Å². The molecule has 0 spiro atoms. The van der Waals surface area contributed by atoms with Crippen LogP contribution in [-0.4, -0.2) is 15.5 Å². The normalized spacial score (nSPS) is 10.8. The molecule has 5 nitrogen and oxygen atoms in total. The predicted octanol–water partition coefficient (Wildman–Crippen LogP) is 2.91. The molecule has 0 aliphatic heterocycles. The number of nitrogens with zero attached hydrogens (tertiary/aromatic N) is 2. The number of esters is 1. The Balaban J connectivity index is 2.04. The lowest BCUT2D eigenvalue weighted by Gasteiger charge is -2.06. The zero-order valence-electron chi connectivity index (χ0n) is 12.0. The molecule has 0 unspecified atom stereocenters. The number of carbonyl (C=O) groups excluding carboxylic acids is 1. The summed E-state index contributed by atoms with van der Waals surface area (Å²) in [4.78, 5) is 17.6. The molecular weight excluding hydrogens is 274 g/mol. The lowest BCUT2D eigenvalue weighted by atomic mass is 10.4. The Morgan fingerprint density at radius 2 is 2.25 bits per heavy atom. The van der Waals surface area contributed by atoms with E-state index in [9.17, 15) is 4.79 Å². The number of ether oxygens (including phenoxy) is 1. The number of rotatable bonds is 5. The number of nitrogens with two attached hydrogens (primary N) is 1. The van der Waals surface area contributed by atoms with Gasteiger partial charge in [0, 0.05) is 17.6 Å². The van der Waals surface area contributed by atoms with Crippen molar-refractivity contribution in [2.24, 2.45) is 0 Å². The standard InChI is InChI=1S/C14H19N3O2S/c1-4-5-17-7-11(15)6-12(17)14(18)19-8-13-16-9(2)10(3)20-13/h6-7H,4-5,8,15H2,1-3H3. The van der Waals surface area contributed by atoms with Gasteiger partial charge in [0.2, 0.25) is 0 Å². The van der Waals surface area contributed by atoms with E-state index in [1.165, 1.54) is 0 Å². The largest absolute Gasteiger partial charge is 0.454 e. The smallest absolute Gasteiger partial charge is 0.355 e. The highest BCUT2D eigenvalue weighted by molar-refractivity contribution is 7.11. The first-order valence-electron chi connectivity index (χ1n) is 6.57. The molecule has 2 heterocycles. The Morgan fingerprint density at radius 3 is 2.85 bits per heavy atom. The molecule has 0 aliphatic rings. The fourth-order valence-electron chi connectivity index (χ4n) is 1.93. The van der Waals surface area contributed by atoms with Gasteiger partial charge in [-0.2, -0.15) is 0 Å². The predicted molar refractivity (Wildman–Crippen MR) is 79.8 cm³/mol. The van der Waals surface area contributed by atoms with Gasteiger partial charge in [0.1, 0.15) is 17.3 Å². The number of hydrogen-bond donors (Lipinski definition) is 1. The highest BCUT2D eigenvalue weighted by Gasteiger charge is 2.15. The van der Waals surface area contributed by atoms with E-state index in [0.717, 1.165) is 28.5 Å². The van der Waals surface area contributed by atoms with Crippen LogP contribution in [0.2, 0.25) is 0 Å². The summed E-state index contributed by atoms with van der Waals surface area (Å²) in [6.45, 7) is 6.95. The first kappa shape index (κ1) is 14.6. The summed E-state index contributed by atoms with van der Waals surface area (Å²) in [7, 11) is 0. The van der Waals surface area contributed by atoms with Gasteiger partial charge in [0.05, 0.1) is 11.4 Å². The zero-order valence-corrected chi connectivity index (χ0v) is 12.8. The molecule has 0 aliphatic carbocycles. The van der Waals surface area contributed by atoms with Gasteiger partial charge in [0.25, 0.3) is 0 Å². The molecule has 0 radical (unpaired) electrons. The van der Waals surface area contributed by atoms with Crippen molar-refractivity contribution in [3.05, 3.63) is 33.5 Å². The number of thiazole rings is 1. The maximum absolute atomic E-state index is 12.1. The Bertz CT molecular complexity index is 596. The topological polar surface area (TPSA) is 70.1 Å². The second kappa shape index (κ2) is 6.09. The van der Waals surface area contributed by atoms with Gasteiger partial charge in [-0.15, -0.1) is 11.3 Å². The molecule has 0 amide bonds. The minimum atomic E-state index is -0.361. The first-order valence-corrected chi connectivity index (χ1v) is 7.38. The number of hydrogen-bond acceptors (Lipinski definition) is 5. The molecule has 108 valence electrons. The van der Waals surface area contributed by atoms with Crippen LogP contribution in [0.5, 0.6) is 0 Å². The SMILES string of the molecule is CCCn1cc(N)cc1C(=O)OCc1nc(C)c(C)s1. The maximum Gasteiger partial charge on any atom is 0.355 e.